The highest BCUT2D eigenvalue weighted by molar-refractivity contribution is 6.04. The van der Waals surface area contributed by atoms with Gasteiger partial charge in [-0.1, -0.05) is 110 Å². The zero-order valence-corrected chi connectivity index (χ0v) is 23.3. The molecule has 1 rings (SSSR count). The van der Waals surface area contributed by atoms with E-state index in [1.54, 1.807) is 0 Å². The van der Waals surface area contributed by atoms with E-state index in [9.17, 15) is 29.1 Å². The van der Waals surface area contributed by atoms with Crippen LogP contribution in [0.2, 0.25) is 0 Å². The fraction of sp³-hybridized carbons (Fsp3) is 0.828. The summed E-state index contributed by atoms with van der Waals surface area (Å²) in [6, 6.07) is 0. The number of nitrogens with zero attached hydrogens (tertiary/aromatic N) is 1. The number of hydrogen-bond donors (Lipinski definition) is 2. The van der Waals surface area contributed by atoms with Crippen LogP contribution in [0.15, 0.2) is 0 Å². The maximum atomic E-state index is 13.1. The molecule has 1 aliphatic rings. The normalized spacial score (nSPS) is 15.0. The van der Waals surface area contributed by atoms with Gasteiger partial charge in [0.15, 0.2) is 5.41 Å². The third kappa shape index (κ3) is 12.9. The topological polar surface area (TPSA) is 138 Å². The minimum Gasteiger partial charge on any atom is -0.481 e. The van der Waals surface area contributed by atoms with Crippen LogP contribution in [-0.2, 0) is 28.8 Å². The molecule has 9 nitrogen and oxygen atoms in total. The molecule has 0 saturated carbocycles. The van der Waals surface area contributed by atoms with Gasteiger partial charge in [0.05, 0.1) is 0 Å². The molecule has 2 amide bonds. The van der Waals surface area contributed by atoms with Gasteiger partial charge in [0, 0.05) is 19.3 Å². The quantitative estimate of drug-likeness (QED) is 0.0797. The van der Waals surface area contributed by atoms with Crippen molar-refractivity contribution in [3.63, 3.8) is 0 Å². The molecule has 38 heavy (non-hydrogen) atoms. The van der Waals surface area contributed by atoms with E-state index in [4.69, 9.17) is 9.94 Å². The Balaban J connectivity index is 2.58. The SMILES string of the molecule is CCCCCCCCCCC[C@@](CCCCCCCCCCC(=O)O)(C(=O)O)C(=O)ON1C(=O)CCC1=O. The van der Waals surface area contributed by atoms with Gasteiger partial charge in [-0.05, 0) is 19.3 Å². The van der Waals surface area contributed by atoms with E-state index < -0.39 is 35.1 Å². The van der Waals surface area contributed by atoms with E-state index in [1.807, 2.05) is 0 Å². The molecule has 1 atom stereocenters. The van der Waals surface area contributed by atoms with E-state index >= 15 is 0 Å². The molecule has 218 valence electrons. The zero-order valence-electron chi connectivity index (χ0n) is 23.3. The number of imide groups is 1. The molecule has 0 aromatic carbocycles. The summed E-state index contributed by atoms with van der Waals surface area (Å²) in [7, 11) is 0. The van der Waals surface area contributed by atoms with E-state index in [-0.39, 0.29) is 32.1 Å². The Morgan fingerprint density at radius 1 is 0.684 bits per heavy atom. The number of rotatable bonds is 24. The van der Waals surface area contributed by atoms with Gasteiger partial charge in [0.1, 0.15) is 0 Å². The Morgan fingerprint density at radius 2 is 1.08 bits per heavy atom. The highest BCUT2D eigenvalue weighted by Gasteiger charge is 2.49. The number of amides is 2. The van der Waals surface area contributed by atoms with Crippen molar-refractivity contribution in [3.05, 3.63) is 0 Å². The van der Waals surface area contributed by atoms with Gasteiger partial charge in [0.25, 0.3) is 11.8 Å². The fourth-order valence-electron chi connectivity index (χ4n) is 4.96. The third-order valence-corrected chi connectivity index (χ3v) is 7.43. The fourth-order valence-corrected chi connectivity index (χ4v) is 4.96. The molecule has 2 N–H and O–H groups in total. The summed E-state index contributed by atoms with van der Waals surface area (Å²) >= 11 is 0. The Bertz CT molecular complexity index is 737. The standard InChI is InChI=1S/C29H49NO8/c1-2-3-4-5-6-8-11-14-17-22-29(27(35)36,28(37)38-30-24(31)20-21-25(30)32)23-18-15-12-9-7-10-13-16-19-26(33)34/h2-23H2,1H3,(H,33,34)(H,35,36)/t29-/m1/s1. The lowest BCUT2D eigenvalue weighted by Gasteiger charge is -2.28. The number of hydroxylamine groups is 2. The monoisotopic (exact) mass is 539 g/mol. The van der Waals surface area contributed by atoms with E-state index in [0.29, 0.717) is 24.3 Å². The summed E-state index contributed by atoms with van der Waals surface area (Å²) < 4.78 is 0. The number of aliphatic carboxylic acids is 2. The van der Waals surface area contributed by atoms with Crippen molar-refractivity contribution >= 4 is 29.7 Å². The number of hydrogen-bond acceptors (Lipinski definition) is 6. The van der Waals surface area contributed by atoms with Crippen LogP contribution in [0.1, 0.15) is 148 Å². The Morgan fingerprint density at radius 3 is 1.47 bits per heavy atom. The van der Waals surface area contributed by atoms with E-state index in [1.165, 1.54) is 25.7 Å². The lowest BCUT2D eigenvalue weighted by molar-refractivity contribution is -0.208. The van der Waals surface area contributed by atoms with Gasteiger partial charge < -0.3 is 15.1 Å². The molecule has 0 aromatic heterocycles. The second kappa shape index (κ2) is 19.6. The second-order valence-corrected chi connectivity index (χ2v) is 10.6. The second-order valence-electron chi connectivity index (χ2n) is 10.6. The molecule has 0 aliphatic carbocycles. The van der Waals surface area contributed by atoms with Gasteiger partial charge in [-0.15, -0.1) is 5.06 Å². The molecular formula is C29H49NO8. The smallest absolute Gasteiger partial charge is 0.350 e. The average molecular weight is 540 g/mol. The molecule has 0 spiro atoms. The maximum absolute atomic E-state index is 13.1. The summed E-state index contributed by atoms with van der Waals surface area (Å²) in [4.78, 5) is 65.2. The molecule has 1 fully saturated rings. The molecular weight excluding hydrogens is 490 g/mol. The summed E-state index contributed by atoms with van der Waals surface area (Å²) in [6.45, 7) is 2.18. The van der Waals surface area contributed by atoms with Crippen molar-refractivity contribution in [2.24, 2.45) is 5.41 Å². The zero-order chi connectivity index (χ0) is 28.2. The van der Waals surface area contributed by atoms with Crippen molar-refractivity contribution in [2.45, 2.75) is 148 Å². The number of carboxylic acids is 2. The summed E-state index contributed by atoms with van der Waals surface area (Å²) in [6.07, 6.45) is 16.5. The summed E-state index contributed by atoms with van der Waals surface area (Å²) in [5.41, 5.74) is -1.78. The first-order valence-corrected chi connectivity index (χ1v) is 14.8. The minimum absolute atomic E-state index is 0.0409. The molecule has 0 radical (unpaired) electrons. The first-order chi connectivity index (χ1) is 18.2. The van der Waals surface area contributed by atoms with Crippen molar-refractivity contribution < 1.29 is 39.0 Å². The molecule has 1 heterocycles. The summed E-state index contributed by atoms with van der Waals surface area (Å²) in [5, 5.41) is 19.3. The van der Waals surface area contributed by atoms with Crippen LogP contribution in [0.4, 0.5) is 0 Å². The van der Waals surface area contributed by atoms with E-state index in [0.717, 1.165) is 64.2 Å². The highest BCUT2D eigenvalue weighted by atomic mass is 16.7. The number of carbonyl (C=O) groups is 5. The van der Waals surface area contributed by atoms with Gasteiger partial charge >= 0.3 is 17.9 Å². The van der Waals surface area contributed by atoms with Gasteiger partial charge in [-0.3, -0.25) is 19.2 Å². The van der Waals surface area contributed by atoms with Crippen LogP contribution in [0, 0.1) is 5.41 Å². The van der Waals surface area contributed by atoms with E-state index in [2.05, 4.69) is 6.92 Å². The predicted molar refractivity (Wildman–Crippen MR) is 143 cm³/mol. The Kier molecular flexibility index (Phi) is 17.3. The highest BCUT2D eigenvalue weighted by Crippen LogP contribution is 2.35. The number of carboxylic acid groups (broad SMARTS) is 2. The van der Waals surface area contributed by atoms with Crippen LogP contribution >= 0.6 is 0 Å². The van der Waals surface area contributed by atoms with Gasteiger partial charge in [-0.2, -0.15) is 0 Å². The van der Waals surface area contributed by atoms with Crippen molar-refractivity contribution in [1.82, 2.24) is 5.06 Å². The van der Waals surface area contributed by atoms with Crippen LogP contribution < -0.4 is 0 Å². The molecule has 0 bridgehead atoms. The summed E-state index contributed by atoms with van der Waals surface area (Å²) in [5.74, 6) is -4.29. The lowest BCUT2D eigenvalue weighted by Crippen LogP contribution is -2.45. The molecule has 9 heteroatoms. The molecule has 0 unspecified atom stereocenters. The number of carbonyl (C=O) groups excluding carboxylic acids is 3. The largest absolute Gasteiger partial charge is 0.481 e. The van der Waals surface area contributed by atoms with Crippen LogP contribution in [0.25, 0.3) is 0 Å². The van der Waals surface area contributed by atoms with Crippen molar-refractivity contribution in [2.75, 3.05) is 0 Å². The van der Waals surface area contributed by atoms with Crippen LogP contribution in [-0.4, -0.2) is 45.0 Å². The molecule has 0 aromatic rings. The average Bonchev–Trinajstić information content (AvgIpc) is 3.19. The first-order valence-electron chi connectivity index (χ1n) is 14.8. The van der Waals surface area contributed by atoms with Gasteiger partial charge in [-0.25, -0.2) is 4.79 Å². The van der Waals surface area contributed by atoms with Crippen molar-refractivity contribution in [3.8, 4) is 0 Å². The minimum atomic E-state index is -1.78. The molecule has 1 aliphatic heterocycles. The predicted octanol–water partition coefficient (Wildman–Crippen LogP) is 6.57. The Labute approximate surface area is 227 Å². The van der Waals surface area contributed by atoms with Crippen molar-refractivity contribution in [1.29, 1.82) is 0 Å². The van der Waals surface area contributed by atoms with Crippen LogP contribution in [0.3, 0.4) is 0 Å². The Hall–Kier alpha value is -2.45. The first kappa shape index (κ1) is 33.6. The number of unbranched alkanes of at least 4 members (excludes halogenated alkanes) is 15. The van der Waals surface area contributed by atoms with Crippen LogP contribution in [0.5, 0.6) is 0 Å². The molecule has 1 saturated heterocycles. The third-order valence-electron chi connectivity index (χ3n) is 7.43. The van der Waals surface area contributed by atoms with Gasteiger partial charge in [0.2, 0.25) is 0 Å². The maximum Gasteiger partial charge on any atom is 0.350 e. The lowest BCUT2D eigenvalue weighted by atomic mass is 9.77.